The van der Waals surface area contributed by atoms with E-state index < -0.39 is 0 Å². The van der Waals surface area contributed by atoms with Crippen molar-refractivity contribution in [2.24, 2.45) is 5.92 Å². The molecule has 2 aromatic rings. The quantitative estimate of drug-likeness (QED) is 0.876. The van der Waals surface area contributed by atoms with Crippen LogP contribution in [0.4, 0.5) is 0 Å². The van der Waals surface area contributed by atoms with Crippen molar-refractivity contribution in [2.45, 2.75) is 25.8 Å². The SMILES string of the molecule is CC1CCNC(c2ccnn2-c2ccccc2)C1. The summed E-state index contributed by atoms with van der Waals surface area (Å²) >= 11 is 0. The summed E-state index contributed by atoms with van der Waals surface area (Å²) in [7, 11) is 0. The Balaban J connectivity index is 1.92. The van der Waals surface area contributed by atoms with Gasteiger partial charge in [-0.25, -0.2) is 4.68 Å². The van der Waals surface area contributed by atoms with Crippen LogP contribution >= 0.6 is 0 Å². The van der Waals surface area contributed by atoms with E-state index in [4.69, 9.17) is 0 Å². The van der Waals surface area contributed by atoms with Gasteiger partial charge in [-0.1, -0.05) is 25.1 Å². The molecule has 1 fully saturated rings. The molecule has 2 unspecified atom stereocenters. The first-order valence-corrected chi connectivity index (χ1v) is 6.67. The third kappa shape index (κ3) is 2.18. The van der Waals surface area contributed by atoms with Crippen molar-refractivity contribution in [1.29, 1.82) is 0 Å². The second-order valence-electron chi connectivity index (χ2n) is 5.14. The molecule has 1 aromatic carbocycles. The van der Waals surface area contributed by atoms with E-state index in [-0.39, 0.29) is 0 Å². The molecule has 1 saturated heterocycles. The van der Waals surface area contributed by atoms with Crippen molar-refractivity contribution in [3.05, 3.63) is 48.3 Å². The molecule has 94 valence electrons. The minimum atomic E-state index is 0.427. The first-order chi connectivity index (χ1) is 8.84. The third-order valence-corrected chi connectivity index (χ3v) is 3.70. The van der Waals surface area contributed by atoms with Crippen molar-refractivity contribution >= 4 is 0 Å². The Morgan fingerprint density at radius 2 is 2.06 bits per heavy atom. The second kappa shape index (κ2) is 4.94. The fourth-order valence-corrected chi connectivity index (χ4v) is 2.70. The minimum Gasteiger partial charge on any atom is -0.309 e. The molecule has 0 bridgehead atoms. The molecule has 1 aliphatic heterocycles. The Morgan fingerprint density at radius 3 is 2.83 bits per heavy atom. The summed E-state index contributed by atoms with van der Waals surface area (Å²) < 4.78 is 2.05. The molecule has 1 aromatic heterocycles. The van der Waals surface area contributed by atoms with Gasteiger partial charge in [0.05, 0.1) is 11.4 Å². The summed E-state index contributed by atoms with van der Waals surface area (Å²) in [5.74, 6) is 0.787. The summed E-state index contributed by atoms with van der Waals surface area (Å²) in [5.41, 5.74) is 2.41. The average molecular weight is 241 g/mol. The summed E-state index contributed by atoms with van der Waals surface area (Å²) in [5, 5.41) is 8.06. The Bertz CT molecular complexity index is 503. The standard InChI is InChI=1S/C15H19N3/c1-12-7-9-16-14(11-12)15-8-10-17-18(15)13-5-3-2-4-6-13/h2-6,8,10,12,14,16H,7,9,11H2,1H3. The van der Waals surface area contributed by atoms with Crippen molar-refractivity contribution in [3.63, 3.8) is 0 Å². The Morgan fingerprint density at radius 1 is 1.22 bits per heavy atom. The van der Waals surface area contributed by atoms with E-state index in [9.17, 15) is 0 Å². The lowest BCUT2D eigenvalue weighted by Gasteiger charge is -2.28. The third-order valence-electron chi connectivity index (χ3n) is 3.70. The zero-order valence-corrected chi connectivity index (χ0v) is 10.7. The van der Waals surface area contributed by atoms with Crippen molar-refractivity contribution in [2.75, 3.05) is 6.54 Å². The molecule has 0 saturated carbocycles. The Kier molecular flexibility index (Phi) is 3.15. The zero-order valence-electron chi connectivity index (χ0n) is 10.7. The molecule has 1 aliphatic rings. The lowest BCUT2D eigenvalue weighted by atomic mass is 9.92. The van der Waals surface area contributed by atoms with Crippen LogP contribution in [0.2, 0.25) is 0 Å². The van der Waals surface area contributed by atoms with Crippen molar-refractivity contribution < 1.29 is 0 Å². The molecule has 2 heterocycles. The van der Waals surface area contributed by atoms with Gasteiger partial charge < -0.3 is 5.32 Å². The van der Waals surface area contributed by atoms with Crippen LogP contribution in [0.1, 0.15) is 31.5 Å². The summed E-state index contributed by atoms with van der Waals surface area (Å²) in [6.07, 6.45) is 4.36. The van der Waals surface area contributed by atoms with Crippen LogP contribution in [0.15, 0.2) is 42.6 Å². The van der Waals surface area contributed by atoms with Gasteiger partial charge in [-0.05, 0) is 43.5 Å². The number of aromatic nitrogens is 2. The van der Waals surface area contributed by atoms with Gasteiger partial charge >= 0.3 is 0 Å². The van der Waals surface area contributed by atoms with Crippen LogP contribution in [0.25, 0.3) is 5.69 Å². The maximum atomic E-state index is 4.46. The van der Waals surface area contributed by atoms with Crippen LogP contribution in [-0.4, -0.2) is 16.3 Å². The number of hydrogen-bond acceptors (Lipinski definition) is 2. The van der Waals surface area contributed by atoms with E-state index in [1.807, 2.05) is 12.3 Å². The highest BCUT2D eigenvalue weighted by Gasteiger charge is 2.22. The van der Waals surface area contributed by atoms with Crippen LogP contribution < -0.4 is 5.32 Å². The molecule has 2 atom stereocenters. The Labute approximate surface area is 108 Å². The van der Waals surface area contributed by atoms with E-state index in [0.717, 1.165) is 18.2 Å². The van der Waals surface area contributed by atoms with E-state index in [1.54, 1.807) is 0 Å². The smallest absolute Gasteiger partial charge is 0.0649 e. The van der Waals surface area contributed by atoms with Gasteiger partial charge in [0.25, 0.3) is 0 Å². The summed E-state index contributed by atoms with van der Waals surface area (Å²) in [4.78, 5) is 0. The number of piperidine rings is 1. The number of nitrogens with zero attached hydrogens (tertiary/aromatic N) is 2. The van der Waals surface area contributed by atoms with E-state index in [0.29, 0.717) is 6.04 Å². The summed E-state index contributed by atoms with van der Waals surface area (Å²) in [6, 6.07) is 12.9. The molecular weight excluding hydrogens is 222 g/mol. The first kappa shape index (κ1) is 11.5. The molecule has 18 heavy (non-hydrogen) atoms. The molecule has 3 nitrogen and oxygen atoms in total. The van der Waals surface area contributed by atoms with Gasteiger partial charge in [0.1, 0.15) is 0 Å². The monoisotopic (exact) mass is 241 g/mol. The van der Waals surface area contributed by atoms with Crippen LogP contribution in [0.3, 0.4) is 0 Å². The molecule has 3 rings (SSSR count). The zero-order chi connectivity index (χ0) is 12.4. The van der Waals surface area contributed by atoms with E-state index in [1.165, 1.54) is 18.5 Å². The van der Waals surface area contributed by atoms with Gasteiger partial charge in [0, 0.05) is 12.2 Å². The molecule has 1 N–H and O–H groups in total. The summed E-state index contributed by atoms with van der Waals surface area (Å²) in [6.45, 7) is 3.43. The number of para-hydroxylation sites is 1. The highest BCUT2D eigenvalue weighted by molar-refractivity contribution is 5.33. The topological polar surface area (TPSA) is 29.9 Å². The second-order valence-corrected chi connectivity index (χ2v) is 5.14. The predicted octanol–water partition coefficient (Wildman–Crippen LogP) is 2.93. The normalized spacial score (nSPS) is 24.1. The van der Waals surface area contributed by atoms with Gasteiger partial charge in [-0.2, -0.15) is 5.10 Å². The van der Waals surface area contributed by atoms with Crippen molar-refractivity contribution in [3.8, 4) is 5.69 Å². The molecule has 0 spiro atoms. The van der Waals surface area contributed by atoms with Gasteiger partial charge in [0.15, 0.2) is 0 Å². The Hall–Kier alpha value is -1.61. The fourth-order valence-electron chi connectivity index (χ4n) is 2.70. The molecule has 0 amide bonds. The number of nitrogens with one attached hydrogen (secondary N) is 1. The maximum Gasteiger partial charge on any atom is 0.0649 e. The van der Waals surface area contributed by atoms with Gasteiger partial charge in [0.2, 0.25) is 0 Å². The van der Waals surface area contributed by atoms with Crippen LogP contribution in [0.5, 0.6) is 0 Å². The number of benzene rings is 1. The lowest BCUT2D eigenvalue weighted by Crippen LogP contribution is -2.32. The largest absolute Gasteiger partial charge is 0.309 e. The maximum absolute atomic E-state index is 4.46. The lowest BCUT2D eigenvalue weighted by molar-refractivity contribution is 0.317. The number of rotatable bonds is 2. The molecule has 0 radical (unpaired) electrons. The minimum absolute atomic E-state index is 0.427. The average Bonchev–Trinajstić information content (AvgIpc) is 2.89. The molecule has 3 heteroatoms. The van der Waals surface area contributed by atoms with Crippen LogP contribution in [-0.2, 0) is 0 Å². The van der Waals surface area contributed by atoms with Crippen LogP contribution in [0, 0.1) is 5.92 Å². The highest BCUT2D eigenvalue weighted by atomic mass is 15.3. The molecule has 0 aliphatic carbocycles. The fraction of sp³-hybridized carbons (Fsp3) is 0.400. The first-order valence-electron chi connectivity index (χ1n) is 6.67. The van der Waals surface area contributed by atoms with Crippen molar-refractivity contribution in [1.82, 2.24) is 15.1 Å². The van der Waals surface area contributed by atoms with E-state index >= 15 is 0 Å². The van der Waals surface area contributed by atoms with E-state index in [2.05, 4.69) is 52.4 Å². The molecular formula is C15H19N3. The van der Waals surface area contributed by atoms with Gasteiger partial charge in [-0.3, -0.25) is 0 Å². The predicted molar refractivity (Wildman–Crippen MR) is 72.7 cm³/mol. The van der Waals surface area contributed by atoms with Gasteiger partial charge in [-0.15, -0.1) is 0 Å². The highest BCUT2D eigenvalue weighted by Crippen LogP contribution is 2.27. The number of hydrogen-bond donors (Lipinski definition) is 1.